The topological polar surface area (TPSA) is 52.0 Å². The van der Waals surface area contributed by atoms with E-state index in [1.807, 2.05) is 18.2 Å². The minimum atomic E-state index is 0.196. The third-order valence-corrected chi connectivity index (χ3v) is 3.55. The van der Waals surface area contributed by atoms with E-state index in [1.165, 1.54) is 6.33 Å². The van der Waals surface area contributed by atoms with E-state index < -0.39 is 0 Å². The molecule has 1 aromatic carbocycles. The van der Waals surface area contributed by atoms with Crippen LogP contribution in [-0.2, 0) is 4.74 Å². The highest BCUT2D eigenvalue weighted by atomic mass is 35.5. The van der Waals surface area contributed by atoms with Gasteiger partial charge in [-0.2, -0.15) is 5.10 Å². The maximum Gasteiger partial charge on any atom is 0.138 e. The molecule has 0 unspecified atom stereocenters. The van der Waals surface area contributed by atoms with Gasteiger partial charge in [0.05, 0.1) is 23.9 Å². The van der Waals surface area contributed by atoms with Crippen LogP contribution in [0.15, 0.2) is 30.9 Å². The highest BCUT2D eigenvalue weighted by molar-refractivity contribution is 6.33. The van der Waals surface area contributed by atoms with Gasteiger partial charge >= 0.3 is 0 Å². The first kappa shape index (κ1) is 12.4. The summed E-state index contributed by atoms with van der Waals surface area (Å²) in [4.78, 5) is 3.96. The van der Waals surface area contributed by atoms with Gasteiger partial charge in [0.25, 0.3) is 0 Å². The van der Waals surface area contributed by atoms with Crippen molar-refractivity contribution >= 4 is 17.3 Å². The zero-order valence-corrected chi connectivity index (χ0v) is 11.4. The molecule has 0 aliphatic carbocycles. The smallest absolute Gasteiger partial charge is 0.138 e. The number of benzene rings is 1. The molecule has 1 saturated heterocycles. The van der Waals surface area contributed by atoms with E-state index in [2.05, 4.69) is 22.3 Å². The van der Waals surface area contributed by atoms with E-state index in [-0.39, 0.29) is 5.41 Å². The van der Waals surface area contributed by atoms with Crippen molar-refractivity contribution in [2.75, 3.05) is 25.1 Å². The molecular formula is C13H15ClN4O. The average molecular weight is 279 g/mol. The normalized spacial score (nSPS) is 16.9. The van der Waals surface area contributed by atoms with Crippen LogP contribution in [0, 0.1) is 5.41 Å². The molecule has 1 aromatic heterocycles. The van der Waals surface area contributed by atoms with Crippen LogP contribution in [0.25, 0.3) is 5.69 Å². The zero-order valence-electron chi connectivity index (χ0n) is 10.6. The molecule has 2 aromatic rings. The number of hydrogen-bond acceptors (Lipinski definition) is 4. The summed E-state index contributed by atoms with van der Waals surface area (Å²) < 4.78 is 6.93. The van der Waals surface area contributed by atoms with Gasteiger partial charge in [-0.25, -0.2) is 9.67 Å². The van der Waals surface area contributed by atoms with Gasteiger partial charge in [-0.05, 0) is 12.1 Å². The molecule has 5 nitrogen and oxygen atoms in total. The van der Waals surface area contributed by atoms with Gasteiger partial charge in [-0.15, -0.1) is 0 Å². The van der Waals surface area contributed by atoms with Crippen molar-refractivity contribution in [1.29, 1.82) is 0 Å². The summed E-state index contributed by atoms with van der Waals surface area (Å²) in [5, 5.41) is 8.22. The van der Waals surface area contributed by atoms with Crippen molar-refractivity contribution < 1.29 is 4.74 Å². The van der Waals surface area contributed by atoms with Crippen LogP contribution in [0.2, 0.25) is 5.02 Å². The van der Waals surface area contributed by atoms with Gasteiger partial charge in [0.15, 0.2) is 0 Å². The van der Waals surface area contributed by atoms with Crippen molar-refractivity contribution in [3.8, 4) is 5.69 Å². The Morgan fingerprint density at radius 3 is 2.95 bits per heavy atom. The Hall–Kier alpha value is -1.59. The predicted octanol–water partition coefficient (Wildman–Crippen LogP) is 2.37. The summed E-state index contributed by atoms with van der Waals surface area (Å²) in [7, 11) is 0. The van der Waals surface area contributed by atoms with Crippen LogP contribution < -0.4 is 5.32 Å². The number of aromatic nitrogens is 3. The average Bonchev–Trinajstić information content (AvgIpc) is 2.87. The van der Waals surface area contributed by atoms with Crippen LogP contribution in [0.5, 0.6) is 0 Å². The third-order valence-electron chi connectivity index (χ3n) is 3.24. The van der Waals surface area contributed by atoms with E-state index in [1.54, 1.807) is 11.0 Å². The number of anilines is 1. The standard InChI is InChI=1S/C13H15ClN4O/c1-13(6-19-7-13)5-16-11-4-2-3-10(14)12(11)18-9-15-8-17-18/h2-4,8-9,16H,5-7H2,1H3. The van der Waals surface area contributed by atoms with Gasteiger partial charge < -0.3 is 10.1 Å². The fraction of sp³-hybridized carbons (Fsp3) is 0.385. The van der Waals surface area contributed by atoms with Gasteiger partial charge in [0, 0.05) is 12.0 Å². The summed E-state index contributed by atoms with van der Waals surface area (Å²) in [5.41, 5.74) is 1.97. The minimum absolute atomic E-state index is 0.196. The lowest BCUT2D eigenvalue weighted by atomic mass is 9.88. The van der Waals surface area contributed by atoms with Crippen molar-refractivity contribution in [3.63, 3.8) is 0 Å². The van der Waals surface area contributed by atoms with E-state index in [0.717, 1.165) is 31.1 Å². The van der Waals surface area contributed by atoms with Crippen molar-refractivity contribution in [2.24, 2.45) is 5.41 Å². The monoisotopic (exact) mass is 278 g/mol. The van der Waals surface area contributed by atoms with Crippen LogP contribution in [0.1, 0.15) is 6.92 Å². The number of halogens is 1. The Morgan fingerprint density at radius 1 is 1.47 bits per heavy atom. The molecule has 0 amide bonds. The number of hydrogen-bond donors (Lipinski definition) is 1. The molecule has 0 spiro atoms. The van der Waals surface area contributed by atoms with Crippen LogP contribution >= 0.6 is 11.6 Å². The molecule has 1 aliphatic heterocycles. The minimum Gasteiger partial charge on any atom is -0.383 e. The summed E-state index contributed by atoms with van der Waals surface area (Å²) in [6, 6.07) is 5.76. The summed E-state index contributed by atoms with van der Waals surface area (Å²) in [6.07, 6.45) is 3.13. The van der Waals surface area contributed by atoms with Crippen molar-refractivity contribution in [1.82, 2.24) is 14.8 Å². The molecule has 1 N–H and O–H groups in total. The molecule has 3 rings (SSSR count). The first-order chi connectivity index (χ1) is 9.18. The lowest BCUT2D eigenvalue weighted by molar-refractivity contribution is -0.0924. The molecule has 19 heavy (non-hydrogen) atoms. The van der Waals surface area contributed by atoms with E-state index in [0.29, 0.717) is 5.02 Å². The Morgan fingerprint density at radius 2 is 2.32 bits per heavy atom. The van der Waals surface area contributed by atoms with Gasteiger partial charge in [-0.1, -0.05) is 24.6 Å². The summed E-state index contributed by atoms with van der Waals surface area (Å²) in [6.45, 7) is 4.62. The number of ether oxygens (including phenoxy) is 1. The second kappa shape index (κ2) is 4.83. The Kier molecular flexibility index (Phi) is 3.16. The lowest BCUT2D eigenvalue weighted by Gasteiger charge is -2.38. The number of rotatable bonds is 4. The Bertz CT molecular complexity index is 566. The molecule has 2 heterocycles. The maximum atomic E-state index is 6.27. The van der Waals surface area contributed by atoms with Crippen LogP contribution in [-0.4, -0.2) is 34.5 Å². The van der Waals surface area contributed by atoms with Gasteiger partial charge in [-0.3, -0.25) is 0 Å². The highest BCUT2D eigenvalue weighted by Gasteiger charge is 2.33. The molecule has 1 aliphatic rings. The summed E-state index contributed by atoms with van der Waals surface area (Å²) >= 11 is 6.27. The second-order valence-corrected chi connectivity index (χ2v) is 5.54. The van der Waals surface area contributed by atoms with Crippen LogP contribution in [0.4, 0.5) is 5.69 Å². The quantitative estimate of drug-likeness (QED) is 0.933. The van der Waals surface area contributed by atoms with E-state index in [4.69, 9.17) is 16.3 Å². The maximum absolute atomic E-state index is 6.27. The first-order valence-corrected chi connectivity index (χ1v) is 6.51. The lowest BCUT2D eigenvalue weighted by Crippen LogP contribution is -2.45. The van der Waals surface area contributed by atoms with Crippen molar-refractivity contribution in [2.45, 2.75) is 6.92 Å². The van der Waals surface area contributed by atoms with E-state index in [9.17, 15) is 0 Å². The largest absolute Gasteiger partial charge is 0.383 e. The molecule has 1 fully saturated rings. The number of nitrogens with one attached hydrogen (secondary N) is 1. The summed E-state index contributed by atoms with van der Waals surface area (Å²) in [5.74, 6) is 0. The molecular weight excluding hydrogens is 264 g/mol. The molecule has 100 valence electrons. The molecule has 0 saturated carbocycles. The Labute approximate surface area is 116 Å². The molecule has 0 radical (unpaired) electrons. The number of nitrogens with zero attached hydrogens (tertiary/aromatic N) is 3. The van der Waals surface area contributed by atoms with Crippen molar-refractivity contribution in [3.05, 3.63) is 35.9 Å². The molecule has 0 bridgehead atoms. The van der Waals surface area contributed by atoms with E-state index >= 15 is 0 Å². The SMILES string of the molecule is CC1(CNc2cccc(Cl)c2-n2cncn2)COC1. The third kappa shape index (κ3) is 2.43. The molecule has 0 atom stereocenters. The predicted molar refractivity (Wildman–Crippen MR) is 73.8 cm³/mol. The fourth-order valence-corrected chi connectivity index (χ4v) is 2.34. The zero-order chi connectivity index (χ0) is 13.3. The Balaban J connectivity index is 1.86. The fourth-order valence-electron chi connectivity index (χ4n) is 2.08. The molecule has 6 heteroatoms. The van der Waals surface area contributed by atoms with Gasteiger partial charge in [0.2, 0.25) is 0 Å². The number of para-hydroxylation sites is 1. The first-order valence-electron chi connectivity index (χ1n) is 6.13. The van der Waals surface area contributed by atoms with Gasteiger partial charge in [0.1, 0.15) is 18.3 Å². The highest BCUT2D eigenvalue weighted by Crippen LogP contribution is 2.31. The van der Waals surface area contributed by atoms with Crippen LogP contribution in [0.3, 0.4) is 0 Å². The second-order valence-electron chi connectivity index (χ2n) is 5.13.